The molecular weight excluding hydrogens is 321 g/mol. The van der Waals surface area contributed by atoms with Crippen LogP contribution in [0.1, 0.15) is 0 Å². The summed E-state index contributed by atoms with van der Waals surface area (Å²) in [6, 6.07) is 7.60. The zero-order valence-electron chi connectivity index (χ0n) is 6.37. The van der Waals surface area contributed by atoms with Crippen LogP contribution in [-0.2, 0) is 0 Å². The number of nitrogens with one attached hydrogen (secondary N) is 1. The van der Waals surface area contributed by atoms with E-state index >= 15 is 0 Å². The van der Waals surface area contributed by atoms with Crippen molar-refractivity contribution >= 4 is 55.9 Å². The molecule has 0 radical (unpaired) electrons. The molecule has 1 aromatic carbocycles. The predicted octanol–water partition coefficient (Wildman–Crippen LogP) is 3.02. The monoisotopic (exact) mass is 325 g/mol. The summed E-state index contributed by atoms with van der Waals surface area (Å²) in [4.78, 5) is 0. The van der Waals surface area contributed by atoms with Gasteiger partial charge in [0.15, 0.2) is 0 Å². The van der Waals surface area contributed by atoms with Crippen molar-refractivity contribution in [3.8, 4) is 0 Å². The maximum Gasteiger partial charge on any atom is 0.204 e. The van der Waals surface area contributed by atoms with Gasteiger partial charge < -0.3 is 0 Å². The van der Waals surface area contributed by atoms with Crippen molar-refractivity contribution in [3.63, 3.8) is 0 Å². The topological polar surface area (TPSA) is 27.6 Å². The van der Waals surface area contributed by atoms with Gasteiger partial charge in [0, 0.05) is 5.02 Å². The Morgan fingerprint density at radius 3 is 3.00 bits per heavy atom. The van der Waals surface area contributed by atoms with Crippen LogP contribution in [0.3, 0.4) is 0 Å². The lowest BCUT2D eigenvalue weighted by atomic mass is 10.3. The largest absolute Gasteiger partial charge is 0.247 e. The Kier molecular flexibility index (Phi) is 2.75. The number of anilines is 1. The summed E-state index contributed by atoms with van der Waals surface area (Å²) in [5.41, 5.74) is 3.79. The van der Waals surface area contributed by atoms with E-state index in [1.807, 2.05) is 27.4 Å². The second-order valence-electron chi connectivity index (χ2n) is 2.34. The highest BCUT2D eigenvalue weighted by atomic mass is 127. The van der Waals surface area contributed by atoms with Gasteiger partial charge >= 0.3 is 0 Å². The molecule has 3 nitrogen and oxygen atoms in total. The van der Waals surface area contributed by atoms with Crippen molar-refractivity contribution in [1.29, 1.82) is 0 Å². The van der Waals surface area contributed by atoms with E-state index < -0.39 is 21.3 Å². The number of hydrogen-bond donors (Lipinski definition) is 1. The lowest BCUT2D eigenvalue weighted by Gasteiger charge is -2.11. The van der Waals surface area contributed by atoms with Crippen molar-refractivity contribution < 1.29 is 0 Å². The van der Waals surface area contributed by atoms with Gasteiger partial charge in [0.25, 0.3) is 0 Å². The zero-order valence-corrected chi connectivity index (χ0v) is 10.1. The summed E-state index contributed by atoms with van der Waals surface area (Å²) in [6.07, 6.45) is 0. The van der Waals surface area contributed by atoms with E-state index in [1.165, 1.54) is 0 Å². The molecule has 1 aliphatic heterocycles. The number of rotatable bonds is 1. The van der Waals surface area contributed by atoms with Crippen LogP contribution >= 0.6 is 45.1 Å². The van der Waals surface area contributed by atoms with Crippen LogP contribution in [0.25, 0.3) is 0 Å². The smallest absolute Gasteiger partial charge is 0.204 e. The minimum absolute atomic E-state index is 0.408. The SMILES string of the molecule is S=C1NN=IN1c1cccc(Cl)c1. The van der Waals surface area contributed by atoms with Gasteiger partial charge in [0.2, 0.25) is 5.11 Å². The van der Waals surface area contributed by atoms with Crippen LogP contribution in [0.2, 0.25) is 5.02 Å². The molecule has 0 saturated carbocycles. The Bertz CT molecular complexity index is 382. The van der Waals surface area contributed by atoms with Gasteiger partial charge in [-0.05, 0) is 30.4 Å². The molecule has 0 bridgehead atoms. The average Bonchev–Trinajstić information content (AvgIpc) is 2.51. The van der Waals surface area contributed by atoms with E-state index in [1.54, 1.807) is 0 Å². The number of benzene rings is 1. The van der Waals surface area contributed by atoms with E-state index in [-0.39, 0.29) is 0 Å². The summed E-state index contributed by atoms with van der Waals surface area (Å²) >= 11 is 10.5. The van der Waals surface area contributed by atoms with Gasteiger partial charge in [-0.1, -0.05) is 17.7 Å². The molecule has 0 aromatic heterocycles. The summed E-state index contributed by atoms with van der Waals surface area (Å²) in [6.45, 7) is 0. The summed E-state index contributed by atoms with van der Waals surface area (Å²) in [5.74, 6) is 0. The maximum atomic E-state index is 5.86. The highest BCUT2D eigenvalue weighted by molar-refractivity contribution is 14.2. The Morgan fingerprint density at radius 2 is 2.38 bits per heavy atom. The highest BCUT2D eigenvalue weighted by Crippen LogP contribution is 2.28. The highest BCUT2D eigenvalue weighted by Gasteiger charge is 2.15. The van der Waals surface area contributed by atoms with Crippen LogP contribution < -0.4 is 8.54 Å². The molecule has 0 spiro atoms. The van der Waals surface area contributed by atoms with Crippen molar-refractivity contribution in [2.75, 3.05) is 3.11 Å². The van der Waals surface area contributed by atoms with Crippen LogP contribution in [0.5, 0.6) is 0 Å². The summed E-state index contributed by atoms with van der Waals surface area (Å²) in [7, 11) is 0. The van der Waals surface area contributed by atoms with Crippen molar-refractivity contribution in [2.45, 2.75) is 0 Å². The number of thiocarbonyl (C=S) groups is 1. The molecule has 0 unspecified atom stereocenters. The molecular formula is C7H5ClIN3S. The zero-order chi connectivity index (χ0) is 9.26. The lowest BCUT2D eigenvalue weighted by Crippen LogP contribution is -2.24. The minimum atomic E-state index is -0.408. The first-order valence-corrected chi connectivity index (χ1v) is 6.19. The Morgan fingerprint density at radius 1 is 1.54 bits per heavy atom. The first kappa shape index (κ1) is 9.29. The second-order valence-corrected chi connectivity index (χ2v) is 5.04. The van der Waals surface area contributed by atoms with Gasteiger partial charge in [-0.25, -0.2) is 8.54 Å². The van der Waals surface area contributed by atoms with Gasteiger partial charge in [-0.15, -0.1) is 3.25 Å². The Hall–Kier alpha value is -0.270. The standard InChI is InChI=1S/C7H5ClIN3S/c8-5-2-1-3-6(4-5)12-7(13)10-11-9-12/h1-4H,(H,10,13). The van der Waals surface area contributed by atoms with Crippen LogP contribution in [0.15, 0.2) is 27.5 Å². The molecule has 6 heteroatoms. The molecule has 68 valence electrons. The molecule has 1 N–H and O–H groups in total. The lowest BCUT2D eigenvalue weighted by molar-refractivity contribution is 1.09. The quantitative estimate of drug-likeness (QED) is 0.489. The van der Waals surface area contributed by atoms with E-state index in [0.717, 1.165) is 10.7 Å². The second kappa shape index (κ2) is 3.85. The van der Waals surface area contributed by atoms with Crippen LogP contribution in [0, 0.1) is 0 Å². The van der Waals surface area contributed by atoms with Gasteiger partial charge in [-0.2, -0.15) is 0 Å². The van der Waals surface area contributed by atoms with Crippen molar-refractivity contribution in [2.24, 2.45) is 3.25 Å². The fraction of sp³-hybridized carbons (Fsp3) is 0. The van der Waals surface area contributed by atoms with Gasteiger partial charge in [0.1, 0.15) is 21.3 Å². The number of halogens is 2. The normalized spacial score (nSPS) is 15.5. The van der Waals surface area contributed by atoms with E-state index in [4.69, 9.17) is 23.8 Å². The third kappa shape index (κ3) is 1.97. The van der Waals surface area contributed by atoms with E-state index in [9.17, 15) is 0 Å². The third-order valence-electron chi connectivity index (χ3n) is 1.46. The molecule has 13 heavy (non-hydrogen) atoms. The third-order valence-corrected chi connectivity index (χ3v) is 4.23. The molecule has 1 aliphatic rings. The fourth-order valence-electron chi connectivity index (χ4n) is 0.930. The Labute approximate surface area is 96.5 Å². The summed E-state index contributed by atoms with van der Waals surface area (Å²) in [5, 5.41) is 1.38. The van der Waals surface area contributed by atoms with E-state index in [0.29, 0.717) is 5.11 Å². The molecule has 1 aromatic rings. The molecule has 0 fully saturated rings. The van der Waals surface area contributed by atoms with Gasteiger partial charge in [-0.3, -0.25) is 0 Å². The van der Waals surface area contributed by atoms with Gasteiger partial charge in [0.05, 0.1) is 5.69 Å². The Balaban J connectivity index is 2.35. The van der Waals surface area contributed by atoms with Crippen LogP contribution in [-0.4, -0.2) is 5.11 Å². The van der Waals surface area contributed by atoms with Crippen LogP contribution in [0.4, 0.5) is 5.69 Å². The first-order chi connectivity index (χ1) is 6.27. The predicted molar refractivity (Wildman–Crippen MR) is 66.1 cm³/mol. The molecule has 0 saturated heterocycles. The molecule has 0 aliphatic carbocycles. The van der Waals surface area contributed by atoms with Crippen molar-refractivity contribution in [1.82, 2.24) is 5.43 Å². The maximum absolute atomic E-state index is 5.86. The van der Waals surface area contributed by atoms with E-state index in [2.05, 4.69) is 8.68 Å². The molecule has 0 amide bonds. The molecule has 2 rings (SSSR count). The first-order valence-electron chi connectivity index (χ1n) is 3.47. The minimum Gasteiger partial charge on any atom is -0.247 e. The average molecular weight is 326 g/mol. The number of hydrogen-bond acceptors (Lipinski definition) is 2. The molecule has 1 heterocycles. The summed E-state index contributed by atoms with van der Waals surface area (Å²) < 4.78 is 6.04. The fourth-order valence-corrected chi connectivity index (χ4v) is 3.04. The molecule has 0 atom stereocenters. The van der Waals surface area contributed by atoms with Crippen molar-refractivity contribution in [3.05, 3.63) is 29.3 Å². The number of nitrogens with zero attached hydrogens (tertiary/aromatic N) is 2.